The number of halogens is 1. The smallest absolute Gasteiger partial charge is 0.0175 e. The van der Waals surface area contributed by atoms with Crippen molar-refractivity contribution in [3.05, 3.63) is 40.4 Å². The Morgan fingerprint density at radius 1 is 0.889 bits per heavy atom. The molecule has 0 bridgehead atoms. The van der Waals surface area contributed by atoms with Crippen LogP contribution in [0, 0.1) is 0 Å². The number of hydrogen-bond donors (Lipinski definition) is 0. The second-order valence-corrected chi connectivity index (χ2v) is 5.78. The van der Waals surface area contributed by atoms with Crippen molar-refractivity contribution in [1.82, 2.24) is 0 Å². The van der Waals surface area contributed by atoms with Crippen molar-refractivity contribution in [2.75, 3.05) is 0 Å². The molecule has 0 nitrogen and oxygen atoms in total. The lowest BCUT2D eigenvalue weighted by Crippen LogP contribution is -1.79. The first kappa shape index (κ1) is 15.5. The van der Waals surface area contributed by atoms with Gasteiger partial charge in [0, 0.05) is 4.47 Å². The van der Waals surface area contributed by atoms with Gasteiger partial charge in [-0.3, -0.25) is 0 Å². The van der Waals surface area contributed by atoms with E-state index < -0.39 is 0 Å². The van der Waals surface area contributed by atoms with Gasteiger partial charge in [-0.15, -0.1) is 0 Å². The largest absolute Gasteiger partial charge is 0.0839 e. The molecule has 0 heterocycles. The molecule has 1 heteroatoms. The summed E-state index contributed by atoms with van der Waals surface area (Å²) in [6.45, 7) is 2.27. The molecule has 1 rings (SSSR count). The third-order valence-electron chi connectivity index (χ3n) is 3.15. The summed E-state index contributed by atoms with van der Waals surface area (Å²) < 4.78 is 1.15. The minimum absolute atomic E-state index is 1.15. The molecule has 0 aliphatic heterocycles. The van der Waals surface area contributed by atoms with Gasteiger partial charge < -0.3 is 0 Å². The fourth-order valence-corrected chi connectivity index (χ4v) is 2.28. The molecule has 0 saturated carbocycles. The maximum absolute atomic E-state index is 3.45. The van der Waals surface area contributed by atoms with Gasteiger partial charge in [-0.05, 0) is 30.5 Å². The third kappa shape index (κ3) is 7.71. The molecule has 0 radical (unpaired) electrons. The summed E-state index contributed by atoms with van der Waals surface area (Å²) in [5.41, 5.74) is 1.29. The Morgan fingerprint density at radius 2 is 1.50 bits per heavy atom. The summed E-state index contributed by atoms with van der Waals surface area (Å²) >= 11 is 3.45. The van der Waals surface area contributed by atoms with Gasteiger partial charge in [0.1, 0.15) is 0 Å². The standard InChI is InChI=1S/C17H25Br/c1-2-3-4-5-6-7-8-9-10-11-16-12-14-17(18)15-13-16/h10-15H,2-9H2,1H3. The fraction of sp³-hybridized carbons (Fsp3) is 0.529. The molecular weight excluding hydrogens is 284 g/mol. The van der Waals surface area contributed by atoms with E-state index in [1.807, 2.05) is 0 Å². The van der Waals surface area contributed by atoms with Crippen LogP contribution in [0.25, 0.3) is 6.08 Å². The number of benzene rings is 1. The molecule has 0 saturated heterocycles. The van der Waals surface area contributed by atoms with E-state index in [0.717, 1.165) is 4.47 Å². The van der Waals surface area contributed by atoms with Crippen molar-refractivity contribution in [3.63, 3.8) is 0 Å². The van der Waals surface area contributed by atoms with Crippen molar-refractivity contribution >= 4 is 22.0 Å². The van der Waals surface area contributed by atoms with E-state index in [1.165, 1.54) is 56.9 Å². The summed E-state index contributed by atoms with van der Waals surface area (Å²) in [5, 5.41) is 0. The van der Waals surface area contributed by atoms with E-state index in [-0.39, 0.29) is 0 Å². The Morgan fingerprint density at radius 3 is 2.17 bits per heavy atom. The monoisotopic (exact) mass is 308 g/mol. The molecule has 0 spiro atoms. The zero-order valence-corrected chi connectivity index (χ0v) is 13.1. The minimum Gasteiger partial charge on any atom is -0.0839 e. The Hall–Kier alpha value is -0.560. The Labute approximate surface area is 121 Å². The Kier molecular flexibility index (Phi) is 8.93. The molecule has 0 N–H and O–H groups in total. The lowest BCUT2D eigenvalue weighted by molar-refractivity contribution is 0.592. The average Bonchev–Trinajstić information content (AvgIpc) is 2.39. The molecule has 0 aliphatic rings. The molecule has 0 fully saturated rings. The van der Waals surface area contributed by atoms with Gasteiger partial charge in [0.05, 0.1) is 0 Å². The van der Waals surface area contributed by atoms with Crippen LogP contribution in [0.3, 0.4) is 0 Å². The quantitative estimate of drug-likeness (QED) is 0.451. The van der Waals surface area contributed by atoms with Crippen LogP contribution in [0.4, 0.5) is 0 Å². The van der Waals surface area contributed by atoms with Gasteiger partial charge in [0.25, 0.3) is 0 Å². The molecule has 0 amide bonds. The van der Waals surface area contributed by atoms with Crippen LogP contribution in [0.5, 0.6) is 0 Å². The first-order valence-electron chi connectivity index (χ1n) is 7.25. The van der Waals surface area contributed by atoms with E-state index in [2.05, 4.69) is 59.3 Å². The van der Waals surface area contributed by atoms with E-state index in [0.29, 0.717) is 0 Å². The molecular formula is C17H25Br. The Balaban J connectivity index is 2.02. The second kappa shape index (κ2) is 10.4. The molecule has 18 heavy (non-hydrogen) atoms. The lowest BCUT2D eigenvalue weighted by atomic mass is 10.1. The topological polar surface area (TPSA) is 0 Å². The van der Waals surface area contributed by atoms with Crippen LogP contribution in [0.15, 0.2) is 34.8 Å². The summed E-state index contributed by atoms with van der Waals surface area (Å²) in [7, 11) is 0. The van der Waals surface area contributed by atoms with Crippen LogP contribution in [-0.2, 0) is 0 Å². The van der Waals surface area contributed by atoms with E-state index in [4.69, 9.17) is 0 Å². The molecule has 1 aromatic carbocycles. The maximum atomic E-state index is 3.45. The zero-order valence-electron chi connectivity index (χ0n) is 11.5. The van der Waals surface area contributed by atoms with E-state index in [1.54, 1.807) is 0 Å². The molecule has 0 aromatic heterocycles. The molecule has 100 valence electrons. The number of rotatable bonds is 9. The normalized spacial score (nSPS) is 11.2. The highest BCUT2D eigenvalue weighted by atomic mass is 79.9. The average molecular weight is 309 g/mol. The van der Waals surface area contributed by atoms with Crippen molar-refractivity contribution in [1.29, 1.82) is 0 Å². The molecule has 1 aromatic rings. The van der Waals surface area contributed by atoms with Gasteiger partial charge in [0.2, 0.25) is 0 Å². The van der Waals surface area contributed by atoms with Gasteiger partial charge in [-0.1, -0.05) is 85.7 Å². The predicted molar refractivity (Wildman–Crippen MR) is 85.8 cm³/mol. The van der Waals surface area contributed by atoms with E-state index in [9.17, 15) is 0 Å². The highest BCUT2D eigenvalue weighted by Gasteiger charge is 1.90. The van der Waals surface area contributed by atoms with Crippen molar-refractivity contribution in [2.45, 2.75) is 58.3 Å². The van der Waals surface area contributed by atoms with Crippen molar-refractivity contribution < 1.29 is 0 Å². The van der Waals surface area contributed by atoms with Crippen LogP contribution in [-0.4, -0.2) is 0 Å². The highest BCUT2D eigenvalue weighted by Crippen LogP contribution is 2.13. The van der Waals surface area contributed by atoms with Gasteiger partial charge in [-0.2, -0.15) is 0 Å². The van der Waals surface area contributed by atoms with Gasteiger partial charge in [-0.25, -0.2) is 0 Å². The first-order valence-corrected chi connectivity index (χ1v) is 8.04. The fourth-order valence-electron chi connectivity index (χ4n) is 2.01. The van der Waals surface area contributed by atoms with Crippen molar-refractivity contribution in [3.8, 4) is 0 Å². The maximum Gasteiger partial charge on any atom is 0.0175 e. The summed E-state index contributed by atoms with van der Waals surface area (Å²) in [4.78, 5) is 0. The van der Waals surface area contributed by atoms with E-state index >= 15 is 0 Å². The third-order valence-corrected chi connectivity index (χ3v) is 3.68. The van der Waals surface area contributed by atoms with Crippen LogP contribution in [0.2, 0.25) is 0 Å². The zero-order chi connectivity index (χ0) is 13.1. The van der Waals surface area contributed by atoms with Crippen LogP contribution >= 0.6 is 15.9 Å². The number of unbranched alkanes of at least 4 members (excludes halogenated alkanes) is 7. The summed E-state index contributed by atoms with van der Waals surface area (Å²) in [5.74, 6) is 0. The predicted octanol–water partition coefficient (Wildman–Crippen LogP) is 6.60. The SMILES string of the molecule is CCCCCCCCCC=Cc1ccc(Br)cc1. The number of hydrogen-bond acceptors (Lipinski definition) is 0. The Bertz CT molecular complexity index is 324. The highest BCUT2D eigenvalue weighted by molar-refractivity contribution is 9.10. The van der Waals surface area contributed by atoms with Crippen LogP contribution < -0.4 is 0 Å². The minimum atomic E-state index is 1.15. The molecule has 0 aliphatic carbocycles. The second-order valence-electron chi connectivity index (χ2n) is 4.86. The van der Waals surface area contributed by atoms with Gasteiger partial charge in [0.15, 0.2) is 0 Å². The first-order chi connectivity index (χ1) is 8.83. The van der Waals surface area contributed by atoms with Gasteiger partial charge >= 0.3 is 0 Å². The summed E-state index contributed by atoms with van der Waals surface area (Å²) in [6, 6.07) is 8.47. The number of allylic oxidation sites excluding steroid dienone is 1. The lowest BCUT2D eigenvalue weighted by Gasteiger charge is -1.99. The molecule has 0 atom stereocenters. The van der Waals surface area contributed by atoms with Crippen LogP contribution in [0.1, 0.15) is 63.9 Å². The molecule has 0 unspecified atom stereocenters. The summed E-state index contributed by atoms with van der Waals surface area (Å²) in [6.07, 6.45) is 15.5. The van der Waals surface area contributed by atoms with Crippen molar-refractivity contribution in [2.24, 2.45) is 0 Å².